The van der Waals surface area contributed by atoms with Gasteiger partial charge in [-0.05, 0) is 51.4 Å². The Balaban J connectivity index is 0. The molecule has 0 aliphatic carbocycles. The van der Waals surface area contributed by atoms with Crippen molar-refractivity contribution in [2.75, 3.05) is 26.4 Å². The molecule has 0 aromatic heterocycles. The molecule has 308 valence electrons. The Morgan fingerprint density at radius 3 is 0.692 bits per heavy atom. The zero-order valence-corrected chi connectivity index (χ0v) is 34.7. The van der Waals surface area contributed by atoms with E-state index in [0.717, 1.165) is 116 Å². The first kappa shape index (κ1) is 52.0. The number of unbranched alkanes of at least 4 members (excludes halogenated alkanes) is 22. The van der Waals surface area contributed by atoms with Crippen LogP contribution in [-0.2, 0) is 38.1 Å². The molecule has 0 bridgehead atoms. The summed E-state index contributed by atoms with van der Waals surface area (Å²) in [7, 11) is 0. The molecule has 8 heteroatoms. The van der Waals surface area contributed by atoms with Crippen LogP contribution in [0.1, 0.15) is 233 Å². The van der Waals surface area contributed by atoms with Crippen LogP contribution in [0.3, 0.4) is 0 Å². The van der Waals surface area contributed by atoms with Crippen molar-refractivity contribution in [3.05, 3.63) is 0 Å². The van der Waals surface area contributed by atoms with E-state index in [2.05, 4.69) is 27.7 Å². The van der Waals surface area contributed by atoms with E-state index in [-0.39, 0.29) is 23.9 Å². The van der Waals surface area contributed by atoms with E-state index in [4.69, 9.17) is 18.9 Å². The number of carbonyl (C=O) groups excluding carboxylic acids is 4. The zero-order valence-electron chi connectivity index (χ0n) is 34.7. The number of carbonyl (C=O) groups is 4. The van der Waals surface area contributed by atoms with Crippen LogP contribution in [-0.4, -0.2) is 50.3 Å². The van der Waals surface area contributed by atoms with E-state index < -0.39 is 0 Å². The second kappa shape index (κ2) is 45.0. The smallest absolute Gasteiger partial charge is 0.305 e. The predicted octanol–water partition coefficient (Wildman–Crippen LogP) is 12.7. The molecule has 0 radical (unpaired) electrons. The SMILES string of the molecule is CCCCCCCCOC(=O)CCCCCCCCC(=O)OCCCCCCCC.CCCCOC(=O)CCCCCCCCC(=O)OCCCC. The fourth-order valence-electron chi connectivity index (χ4n) is 5.58. The molecule has 0 rings (SSSR count). The van der Waals surface area contributed by atoms with Gasteiger partial charge in [0.05, 0.1) is 26.4 Å². The maximum absolute atomic E-state index is 11.7. The summed E-state index contributed by atoms with van der Waals surface area (Å²) in [5.74, 6) is -0.222. The Labute approximate surface area is 321 Å². The van der Waals surface area contributed by atoms with Gasteiger partial charge in [-0.1, -0.05) is 156 Å². The third kappa shape index (κ3) is 45.9. The molecule has 0 unspecified atom stereocenters. The van der Waals surface area contributed by atoms with Crippen LogP contribution in [0.15, 0.2) is 0 Å². The molecule has 0 aromatic rings. The van der Waals surface area contributed by atoms with Crippen LogP contribution >= 0.6 is 0 Å². The lowest BCUT2D eigenvalue weighted by atomic mass is 10.1. The molecule has 0 aliphatic heterocycles. The van der Waals surface area contributed by atoms with Crippen LogP contribution < -0.4 is 0 Å². The van der Waals surface area contributed by atoms with Gasteiger partial charge in [-0.25, -0.2) is 0 Å². The highest BCUT2D eigenvalue weighted by atomic mass is 16.5. The summed E-state index contributed by atoms with van der Waals surface area (Å²) in [6.45, 7) is 10.9. The standard InChI is InChI=1S/C26H50O4.C18H34O4/c1-3-5-7-9-15-19-23-29-25(27)21-17-13-11-12-14-18-22-26(28)30-24-20-16-10-8-6-4-2;1-3-5-15-21-17(19)13-11-9-7-8-10-12-14-18(20)22-16-6-4-2/h3-24H2,1-2H3;3-16H2,1-2H3. The van der Waals surface area contributed by atoms with Crippen molar-refractivity contribution < 1.29 is 38.1 Å². The Hall–Kier alpha value is -2.12. The lowest BCUT2D eigenvalue weighted by Crippen LogP contribution is -2.06. The Morgan fingerprint density at radius 2 is 0.442 bits per heavy atom. The minimum atomic E-state index is -0.0664. The monoisotopic (exact) mass is 741 g/mol. The highest BCUT2D eigenvalue weighted by molar-refractivity contribution is 5.70. The van der Waals surface area contributed by atoms with Gasteiger partial charge in [-0.15, -0.1) is 0 Å². The van der Waals surface area contributed by atoms with Crippen molar-refractivity contribution in [3.8, 4) is 0 Å². The fraction of sp³-hybridized carbons (Fsp3) is 0.909. The van der Waals surface area contributed by atoms with Gasteiger partial charge in [0.15, 0.2) is 0 Å². The van der Waals surface area contributed by atoms with Gasteiger partial charge in [0.1, 0.15) is 0 Å². The van der Waals surface area contributed by atoms with Crippen LogP contribution in [0.5, 0.6) is 0 Å². The predicted molar refractivity (Wildman–Crippen MR) is 214 cm³/mol. The van der Waals surface area contributed by atoms with Crippen molar-refractivity contribution in [1.29, 1.82) is 0 Å². The third-order valence-corrected chi connectivity index (χ3v) is 9.07. The molecule has 0 spiro atoms. The average Bonchev–Trinajstić information content (AvgIpc) is 3.13. The van der Waals surface area contributed by atoms with Crippen LogP contribution in [0.4, 0.5) is 0 Å². The molecule has 0 amide bonds. The summed E-state index contributed by atoms with van der Waals surface area (Å²) < 4.78 is 20.8. The first-order valence-corrected chi connectivity index (χ1v) is 22.0. The van der Waals surface area contributed by atoms with Crippen LogP contribution in [0.2, 0.25) is 0 Å². The van der Waals surface area contributed by atoms with Crippen molar-refractivity contribution in [2.24, 2.45) is 0 Å². The van der Waals surface area contributed by atoms with Gasteiger partial charge in [-0.2, -0.15) is 0 Å². The minimum absolute atomic E-state index is 0.0448. The number of esters is 4. The number of ether oxygens (including phenoxy) is 4. The quantitative estimate of drug-likeness (QED) is 0.0350. The van der Waals surface area contributed by atoms with Crippen molar-refractivity contribution >= 4 is 23.9 Å². The zero-order chi connectivity index (χ0) is 38.6. The molecule has 8 nitrogen and oxygen atoms in total. The molecule has 0 aromatic carbocycles. The lowest BCUT2D eigenvalue weighted by molar-refractivity contribution is -0.144. The minimum Gasteiger partial charge on any atom is -0.466 e. The Morgan fingerprint density at radius 1 is 0.250 bits per heavy atom. The molecule has 52 heavy (non-hydrogen) atoms. The van der Waals surface area contributed by atoms with Crippen molar-refractivity contribution in [3.63, 3.8) is 0 Å². The normalized spacial score (nSPS) is 10.7. The van der Waals surface area contributed by atoms with Gasteiger partial charge < -0.3 is 18.9 Å². The van der Waals surface area contributed by atoms with Crippen LogP contribution in [0, 0.1) is 0 Å². The molecular weight excluding hydrogens is 656 g/mol. The molecule has 0 atom stereocenters. The molecule has 0 saturated heterocycles. The largest absolute Gasteiger partial charge is 0.466 e. The summed E-state index contributed by atoms with van der Waals surface area (Å²) in [6, 6.07) is 0. The number of hydrogen-bond donors (Lipinski definition) is 0. The molecule has 0 fully saturated rings. The molecule has 0 saturated carbocycles. The second-order valence-electron chi connectivity index (χ2n) is 14.4. The van der Waals surface area contributed by atoms with E-state index in [1.807, 2.05) is 0 Å². The molecule has 0 aliphatic rings. The van der Waals surface area contributed by atoms with E-state index in [1.165, 1.54) is 64.2 Å². The van der Waals surface area contributed by atoms with Crippen molar-refractivity contribution in [2.45, 2.75) is 233 Å². The van der Waals surface area contributed by atoms with E-state index >= 15 is 0 Å². The van der Waals surface area contributed by atoms with Gasteiger partial charge in [0.2, 0.25) is 0 Å². The third-order valence-electron chi connectivity index (χ3n) is 9.07. The maximum Gasteiger partial charge on any atom is 0.305 e. The topological polar surface area (TPSA) is 105 Å². The van der Waals surface area contributed by atoms with Gasteiger partial charge in [0.25, 0.3) is 0 Å². The van der Waals surface area contributed by atoms with Crippen molar-refractivity contribution in [1.82, 2.24) is 0 Å². The second-order valence-corrected chi connectivity index (χ2v) is 14.4. The summed E-state index contributed by atoms with van der Waals surface area (Å²) in [6.07, 6.45) is 33.1. The summed E-state index contributed by atoms with van der Waals surface area (Å²) >= 11 is 0. The summed E-state index contributed by atoms with van der Waals surface area (Å²) in [4.78, 5) is 46.1. The first-order valence-electron chi connectivity index (χ1n) is 22.0. The lowest BCUT2D eigenvalue weighted by Gasteiger charge is -2.06. The highest BCUT2D eigenvalue weighted by Gasteiger charge is 2.06. The van der Waals surface area contributed by atoms with Gasteiger partial charge in [0, 0.05) is 25.7 Å². The molecule has 0 heterocycles. The number of hydrogen-bond acceptors (Lipinski definition) is 8. The number of rotatable bonds is 38. The average molecular weight is 741 g/mol. The summed E-state index contributed by atoms with van der Waals surface area (Å²) in [5.41, 5.74) is 0. The first-order chi connectivity index (χ1) is 25.4. The molecule has 0 N–H and O–H groups in total. The van der Waals surface area contributed by atoms with Gasteiger partial charge in [-0.3, -0.25) is 19.2 Å². The highest BCUT2D eigenvalue weighted by Crippen LogP contribution is 2.12. The van der Waals surface area contributed by atoms with Crippen LogP contribution in [0.25, 0.3) is 0 Å². The van der Waals surface area contributed by atoms with E-state index in [9.17, 15) is 19.2 Å². The Kier molecular flexibility index (Phi) is 45.0. The van der Waals surface area contributed by atoms with E-state index in [0.29, 0.717) is 52.1 Å². The van der Waals surface area contributed by atoms with Gasteiger partial charge >= 0.3 is 23.9 Å². The maximum atomic E-state index is 11.7. The Bertz CT molecular complexity index is 720. The molecular formula is C44H84O8. The summed E-state index contributed by atoms with van der Waals surface area (Å²) in [5, 5.41) is 0. The fourth-order valence-corrected chi connectivity index (χ4v) is 5.58. The van der Waals surface area contributed by atoms with E-state index in [1.54, 1.807) is 0 Å².